The molecule has 1 heterocycles. The van der Waals surface area contributed by atoms with Gasteiger partial charge in [0, 0.05) is 34.1 Å². The number of hydrogen-bond acceptors (Lipinski definition) is 4. The molecular weight excluding hydrogens is 779 g/mol. The van der Waals surface area contributed by atoms with Crippen LogP contribution in [0.25, 0.3) is 43.9 Å². The molecule has 1 aromatic heterocycles. The minimum absolute atomic E-state index is 0.583. The van der Waals surface area contributed by atoms with Crippen LogP contribution in [-0.2, 0) is 5.41 Å². The highest BCUT2D eigenvalue weighted by molar-refractivity contribution is 6.04. The second-order valence-corrected chi connectivity index (χ2v) is 16.6. The number of rotatable bonds is 9. The molecule has 0 atom stereocenters. The normalized spacial score (nSPS) is 12.8. The van der Waals surface area contributed by atoms with Crippen molar-refractivity contribution in [2.75, 3.05) is 12.0 Å². The van der Waals surface area contributed by atoms with E-state index in [-0.39, 0.29) is 0 Å². The maximum absolute atomic E-state index is 5.58. The molecular formula is C60H45N3O. The van der Waals surface area contributed by atoms with E-state index in [0.29, 0.717) is 0 Å². The fourth-order valence-corrected chi connectivity index (χ4v) is 9.91. The smallest absolute Gasteiger partial charge is 0.119 e. The van der Waals surface area contributed by atoms with Crippen molar-refractivity contribution in [1.29, 1.82) is 0 Å². The molecule has 0 fully saturated rings. The molecule has 4 heteroatoms. The number of aliphatic imine (C=N–C) groups is 1. The number of aromatic nitrogens is 1. The van der Waals surface area contributed by atoms with E-state index in [0.717, 1.165) is 67.4 Å². The molecule has 0 N–H and O–H groups in total. The van der Waals surface area contributed by atoms with Gasteiger partial charge in [0.2, 0.25) is 0 Å². The van der Waals surface area contributed by atoms with E-state index in [4.69, 9.17) is 14.7 Å². The molecule has 64 heavy (non-hydrogen) atoms. The molecule has 11 rings (SSSR count). The fraction of sp³-hybridized carbons (Fsp3) is 0.0667. The lowest BCUT2D eigenvalue weighted by atomic mass is 9.67. The summed E-state index contributed by atoms with van der Waals surface area (Å²) >= 11 is 0. The Balaban J connectivity index is 1.06. The number of aryl methyl sites for hydroxylation is 1. The third-order valence-electron chi connectivity index (χ3n) is 13.0. The Hall–Kier alpha value is -8.08. The maximum Gasteiger partial charge on any atom is 0.119 e. The summed E-state index contributed by atoms with van der Waals surface area (Å²) < 4.78 is 5.58. The zero-order valence-corrected chi connectivity index (χ0v) is 36.0. The predicted octanol–water partition coefficient (Wildman–Crippen LogP) is 15.3. The van der Waals surface area contributed by atoms with Crippen molar-refractivity contribution in [3.05, 3.63) is 252 Å². The molecule has 0 saturated carbocycles. The van der Waals surface area contributed by atoms with Gasteiger partial charge in [0.1, 0.15) is 5.75 Å². The third-order valence-corrected chi connectivity index (χ3v) is 13.0. The molecule has 0 unspecified atom stereocenters. The molecule has 9 aromatic carbocycles. The number of hydrogen-bond donors (Lipinski definition) is 0. The van der Waals surface area contributed by atoms with Crippen LogP contribution in [0.1, 0.15) is 40.3 Å². The van der Waals surface area contributed by atoms with Gasteiger partial charge in [-0.1, -0.05) is 152 Å². The van der Waals surface area contributed by atoms with Crippen molar-refractivity contribution in [2.24, 2.45) is 4.99 Å². The Morgan fingerprint density at radius 3 is 1.92 bits per heavy atom. The van der Waals surface area contributed by atoms with Gasteiger partial charge < -0.3 is 9.64 Å². The van der Waals surface area contributed by atoms with E-state index >= 15 is 0 Å². The van der Waals surface area contributed by atoms with E-state index < -0.39 is 5.41 Å². The van der Waals surface area contributed by atoms with Crippen molar-refractivity contribution in [2.45, 2.75) is 19.3 Å². The zero-order chi connectivity index (χ0) is 43.2. The van der Waals surface area contributed by atoms with Gasteiger partial charge in [0.25, 0.3) is 0 Å². The lowest BCUT2D eigenvalue weighted by Crippen LogP contribution is -2.28. The number of fused-ring (bicyclic) bond motifs is 5. The Kier molecular flexibility index (Phi) is 9.70. The number of benzene rings is 9. The van der Waals surface area contributed by atoms with Crippen LogP contribution in [0.15, 0.2) is 224 Å². The fourth-order valence-electron chi connectivity index (χ4n) is 9.91. The van der Waals surface area contributed by atoms with Gasteiger partial charge in [0.15, 0.2) is 0 Å². The lowest BCUT2D eigenvalue weighted by Gasteiger charge is -2.35. The maximum atomic E-state index is 5.58. The highest BCUT2D eigenvalue weighted by Crippen LogP contribution is 2.56. The van der Waals surface area contributed by atoms with Crippen LogP contribution in [0.2, 0.25) is 0 Å². The molecule has 306 valence electrons. The zero-order valence-electron chi connectivity index (χ0n) is 36.0. The Labute approximate surface area is 374 Å². The van der Waals surface area contributed by atoms with Crippen molar-refractivity contribution >= 4 is 50.1 Å². The molecule has 0 bridgehead atoms. The number of pyridine rings is 1. The first-order chi connectivity index (χ1) is 31.5. The van der Waals surface area contributed by atoms with Gasteiger partial charge in [-0.05, 0) is 136 Å². The Morgan fingerprint density at radius 1 is 0.547 bits per heavy atom. The number of anilines is 3. The molecule has 4 nitrogen and oxygen atoms in total. The van der Waals surface area contributed by atoms with E-state index in [1.807, 2.05) is 24.4 Å². The summed E-state index contributed by atoms with van der Waals surface area (Å²) in [6, 6.07) is 76.8. The first-order valence-corrected chi connectivity index (χ1v) is 21.8. The summed E-state index contributed by atoms with van der Waals surface area (Å²) in [5.74, 6) is 0.822. The first kappa shape index (κ1) is 38.8. The molecule has 1 aliphatic rings. The summed E-state index contributed by atoms with van der Waals surface area (Å²) in [6.45, 7) is 4.20. The molecule has 0 amide bonds. The Morgan fingerprint density at radius 2 is 1.17 bits per heavy atom. The monoisotopic (exact) mass is 823 g/mol. The summed E-state index contributed by atoms with van der Waals surface area (Å²) in [6.07, 6.45) is 1.84. The van der Waals surface area contributed by atoms with Crippen molar-refractivity contribution in [3.8, 4) is 28.0 Å². The number of methoxy groups -OCH3 is 1. The number of ether oxygens (including phenoxy) is 1. The van der Waals surface area contributed by atoms with Crippen LogP contribution in [0.3, 0.4) is 0 Å². The largest absolute Gasteiger partial charge is 0.497 e. The second-order valence-electron chi connectivity index (χ2n) is 16.6. The summed E-state index contributed by atoms with van der Waals surface area (Å²) in [5.41, 5.74) is 17.4. The summed E-state index contributed by atoms with van der Waals surface area (Å²) in [7, 11) is 1.71. The van der Waals surface area contributed by atoms with Crippen LogP contribution in [0.4, 0.5) is 22.7 Å². The number of nitrogens with zero attached hydrogens (tertiary/aromatic N) is 3. The molecule has 10 aromatic rings. The molecule has 1 aliphatic carbocycles. The van der Waals surface area contributed by atoms with E-state index in [1.165, 1.54) is 44.2 Å². The van der Waals surface area contributed by atoms with E-state index in [9.17, 15) is 0 Å². The van der Waals surface area contributed by atoms with Crippen LogP contribution < -0.4 is 9.64 Å². The lowest BCUT2D eigenvalue weighted by molar-refractivity contribution is 0.415. The average molecular weight is 824 g/mol. The minimum Gasteiger partial charge on any atom is -0.497 e. The molecule has 0 aliphatic heterocycles. The third kappa shape index (κ3) is 6.46. The average Bonchev–Trinajstić information content (AvgIpc) is 3.66. The van der Waals surface area contributed by atoms with E-state index in [1.54, 1.807) is 7.11 Å². The predicted molar refractivity (Wildman–Crippen MR) is 266 cm³/mol. The molecule has 0 saturated heterocycles. The van der Waals surface area contributed by atoms with Gasteiger partial charge in [-0.3, -0.25) is 9.98 Å². The van der Waals surface area contributed by atoms with Crippen LogP contribution in [0.5, 0.6) is 5.75 Å². The standard InChI is InChI=1S/C60H45N3O/c1-40-27-28-43-19-13-37-61-59(43)58(40)62-41(2)44-16-10-17-45(38-44)46-18-11-20-48(39-46)60(55-24-8-6-22-53(55)54-23-7-9-25-56(54)60)47-29-31-49(32-30-47)63(50-33-35-51(64-3)36-34-50)57-26-12-15-42-14-4-5-21-52(42)57/h4-39H,1-3H3. The van der Waals surface area contributed by atoms with Gasteiger partial charge >= 0.3 is 0 Å². The van der Waals surface area contributed by atoms with Crippen molar-refractivity contribution in [1.82, 2.24) is 4.98 Å². The van der Waals surface area contributed by atoms with Crippen LogP contribution in [-0.4, -0.2) is 17.8 Å². The van der Waals surface area contributed by atoms with Gasteiger partial charge in [-0.15, -0.1) is 0 Å². The highest BCUT2D eigenvalue weighted by atomic mass is 16.5. The van der Waals surface area contributed by atoms with Crippen molar-refractivity contribution < 1.29 is 4.74 Å². The Bertz CT molecular complexity index is 3350. The summed E-state index contributed by atoms with van der Waals surface area (Å²) in [5, 5.41) is 3.46. The van der Waals surface area contributed by atoms with Crippen molar-refractivity contribution in [3.63, 3.8) is 0 Å². The second kappa shape index (κ2) is 16.0. The van der Waals surface area contributed by atoms with E-state index in [2.05, 4.69) is 213 Å². The van der Waals surface area contributed by atoms with Gasteiger partial charge in [0.05, 0.1) is 29.4 Å². The van der Waals surface area contributed by atoms with Gasteiger partial charge in [-0.2, -0.15) is 0 Å². The van der Waals surface area contributed by atoms with Crippen LogP contribution in [0, 0.1) is 6.92 Å². The summed E-state index contributed by atoms with van der Waals surface area (Å²) in [4.78, 5) is 12.3. The first-order valence-electron chi connectivity index (χ1n) is 21.8. The SMILES string of the molecule is COc1ccc(N(c2ccc(C3(c4cccc(-c5cccc(C(C)=Nc6c(C)ccc7cccnc67)c5)c4)c4ccccc4-c4ccccc43)cc2)c2cccc3ccccc23)cc1. The highest BCUT2D eigenvalue weighted by Gasteiger charge is 2.46. The molecule has 0 radical (unpaired) electrons. The van der Waals surface area contributed by atoms with Crippen LogP contribution >= 0.6 is 0 Å². The minimum atomic E-state index is -0.583. The topological polar surface area (TPSA) is 37.7 Å². The molecule has 0 spiro atoms. The van der Waals surface area contributed by atoms with Gasteiger partial charge in [-0.25, -0.2) is 0 Å². The quantitative estimate of drug-likeness (QED) is 0.136.